The van der Waals surface area contributed by atoms with E-state index in [4.69, 9.17) is 18.6 Å². The molecule has 4 nitrogen and oxygen atoms in total. The first-order valence-corrected chi connectivity index (χ1v) is 7.50. The lowest BCUT2D eigenvalue weighted by Gasteiger charge is -2.16. The minimum Gasteiger partial charge on any atom is -0.409 e. The topological polar surface area (TPSA) is 36.9 Å². The van der Waals surface area contributed by atoms with Gasteiger partial charge in [-0.1, -0.05) is 48.5 Å². The van der Waals surface area contributed by atoms with E-state index >= 15 is 0 Å². The van der Waals surface area contributed by atoms with E-state index < -0.39 is 14.0 Å². The maximum absolute atomic E-state index is 5.85. The van der Waals surface area contributed by atoms with Gasteiger partial charge in [0.2, 0.25) is 0 Å². The van der Waals surface area contributed by atoms with Crippen molar-refractivity contribution < 1.29 is 18.6 Å². The fourth-order valence-electron chi connectivity index (χ4n) is 2.78. The average Bonchev–Trinajstić information content (AvgIpc) is 2.91. The van der Waals surface area contributed by atoms with E-state index in [1.807, 2.05) is 24.3 Å². The van der Waals surface area contributed by atoms with Crippen molar-refractivity contribution in [2.45, 2.75) is 26.4 Å². The molecule has 22 heavy (non-hydrogen) atoms. The largest absolute Gasteiger partial charge is 0.488 e. The summed E-state index contributed by atoms with van der Waals surface area (Å²) in [6.07, 6.45) is 0. The molecule has 0 amide bonds. The van der Waals surface area contributed by atoms with Crippen molar-refractivity contribution in [1.29, 1.82) is 0 Å². The van der Waals surface area contributed by atoms with Gasteiger partial charge in [0.25, 0.3) is 0 Å². The monoisotopic (exact) mass is 294 g/mol. The molecule has 2 aromatic carbocycles. The van der Waals surface area contributed by atoms with Crippen LogP contribution in [0.3, 0.4) is 0 Å². The van der Waals surface area contributed by atoms with Gasteiger partial charge in [0, 0.05) is 0 Å². The van der Waals surface area contributed by atoms with Crippen LogP contribution in [-0.4, -0.2) is 14.0 Å². The molecule has 0 spiro atoms. The third-order valence-corrected chi connectivity index (χ3v) is 4.07. The van der Waals surface area contributed by atoms with Crippen LogP contribution in [-0.2, 0) is 45.0 Å². The Balaban J connectivity index is 1.46. The molecular formula is C16H16B2O4. The summed E-state index contributed by atoms with van der Waals surface area (Å²) in [6, 6.07) is 16.3. The van der Waals surface area contributed by atoms with E-state index in [2.05, 4.69) is 24.3 Å². The zero-order valence-electron chi connectivity index (χ0n) is 12.2. The third kappa shape index (κ3) is 2.83. The lowest BCUT2D eigenvalue weighted by atomic mass is 9.48. The highest BCUT2D eigenvalue weighted by molar-refractivity contribution is 7.10. The second-order valence-corrected chi connectivity index (χ2v) is 5.52. The highest BCUT2D eigenvalue weighted by Crippen LogP contribution is 2.21. The van der Waals surface area contributed by atoms with Gasteiger partial charge in [0.15, 0.2) is 0 Å². The van der Waals surface area contributed by atoms with Crippen molar-refractivity contribution in [1.82, 2.24) is 0 Å². The molecular weight excluding hydrogens is 278 g/mol. The van der Waals surface area contributed by atoms with Crippen molar-refractivity contribution in [2.75, 3.05) is 0 Å². The third-order valence-electron chi connectivity index (χ3n) is 4.07. The van der Waals surface area contributed by atoms with Crippen molar-refractivity contribution >= 4 is 14.0 Å². The molecule has 2 heterocycles. The summed E-state index contributed by atoms with van der Waals surface area (Å²) < 4.78 is 23.4. The molecule has 0 atom stereocenters. The standard InChI is InChI=1S/C16H16B2O4/c1-2-6-14-10-20-17(19-9-13(14)5-1)18-21-11-15-7-3-4-8-16(15)12-22-18/h1-8H,9-12H2. The van der Waals surface area contributed by atoms with Crippen molar-refractivity contribution in [3.05, 3.63) is 70.8 Å². The van der Waals surface area contributed by atoms with Crippen LogP contribution in [0.5, 0.6) is 0 Å². The minimum absolute atomic E-state index is 0.511. The second-order valence-electron chi connectivity index (χ2n) is 5.52. The highest BCUT2D eigenvalue weighted by atomic mass is 16.6. The molecule has 0 N–H and O–H groups in total. The number of hydrogen-bond donors (Lipinski definition) is 0. The van der Waals surface area contributed by atoms with Crippen LogP contribution >= 0.6 is 0 Å². The van der Waals surface area contributed by atoms with Gasteiger partial charge in [-0.25, -0.2) is 0 Å². The van der Waals surface area contributed by atoms with E-state index in [1.54, 1.807) is 0 Å². The van der Waals surface area contributed by atoms with Gasteiger partial charge in [-0.15, -0.1) is 0 Å². The predicted octanol–water partition coefficient (Wildman–Crippen LogP) is 2.54. The minimum atomic E-state index is -0.512. The number of benzene rings is 2. The van der Waals surface area contributed by atoms with Crippen LogP contribution in [0.15, 0.2) is 48.5 Å². The van der Waals surface area contributed by atoms with E-state index in [9.17, 15) is 0 Å². The van der Waals surface area contributed by atoms with Gasteiger partial charge >= 0.3 is 14.0 Å². The predicted molar refractivity (Wildman–Crippen MR) is 83.5 cm³/mol. The molecule has 0 fully saturated rings. The van der Waals surface area contributed by atoms with E-state index in [0.29, 0.717) is 26.4 Å². The SMILES string of the molecule is c1ccc2c(c1)COB(B1OCc3ccccc3CO1)OC2. The van der Waals surface area contributed by atoms with Crippen molar-refractivity contribution in [3.8, 4) is 0 Å². The summed E-state index contributed by atoms with van der Waals surface area (Å²) in [5, 5.41) is 0. The van der Waals surface area contributed by atoms with Gasteiger partial charge in [-0.2, -0.15) is 0 Å². The fraction of sp³-hybridized carbons (Fsp3) is 0.250. The first-order valence-electron chi connectivity index (χ1n) is 7.50. The molecule has 0 aromatic heterocycles. The van der Waals surface area contributed by atoms with Gasteiger partial charge in [-0.3, -0.25) is 0 Å². The Morgan fingerprint density at radius 2 is 0.773 bits per heavy atom. The van der Waals surface area contributed by atoms with Gasteiger partial charge in [-0.05, 0) is 22.3 Å². The lowest BCUT2D eigenvalue weighted by Crippen LogP contribution is -2.44. The molecule has 4 rings (SSSR count). The molecule has 2 aliphatic heterocycles. The highest BCUT2D eigenvalue weighted by Gasteiger charge is 2.42. The Bertz CT molecular complexity index is 553. The lowest BCUT2D eigenvalue weighted by molar-refractivity contribution is 0.166. The molecule has 2 aliphatic rings. The Kier molecular flexibility index (Phi) is 3.99. The average molecular weight is 294 g/mol. The first kappa shape index (κ1) is 14.0. The summed E-state index contributed by atoms with van der Waals surface area (Å²) >= 11 is 0. The van der Waals surface area contributed by atoms with Crippen LogP contribution in [0, 0.1) is 0 Å². The Labute approximate surface area is 130 Å². The summed E-state index contributed by atoms with van der Waals surface area (Å²) in [5.41, 5.74) is 4.62. The van der Waals surface area contributed by atoms with E-state index in [1.165, 1.54) is 0 Å². The van der Waals surface area contributed by atoms with E-state index in [0.717, 1.165) is 22.3 Å². The molecule has 0 radical (unpaired) electrons. The van der Waals surface area contributed by atoms with Crippen molar-refractivity contribution in [2.24, 2.45) is 0 Å². The zero-order chi connectivity index (χ0) is 14.8. The van der Waals surface area contributed by atoms with E-state index in [-0.39, 0.29) is 0 Å². The Morgan fingerprint density at radius 3 is 1.05 bits per heavy atom. The molecule has 0 aliphatic carbocycles. The normalized spacial score (nSPS) is 18.2. The van der Waals surface area contributed by atoms with Crippen molar-refractivity contribution in [3.63, 3.8) is 0 Å². The van der Waals surface area contributed by atoms with Gasteiger partial charge in [0.1, 0.15) is 0 Å². The quantitative estimate of drug-likeness (QED) is 0.757. The molecule has 6 heteroatoms. The first-order chi connectivity index (χ1) is 10.9. The molecule has 0 saturated carbocycles. The molecule has 0 saturated heterocycles. The summed E-state index contributed by atoms with van der Waals surface area (Å²) in [7, 11) is -1.02. The van der Waals surface area contributed by atoms with Gasteiger partial charge < -0.3 is 18.6 Å². The maximum Gasteiger partial charge on any atom is 0.488 e. The fourth-order valence-corrected chi connectivity index (χ4v) is 2.78. The maximum atomic E-state index is 5.85. The summed E-state index contributed by atoms with van der Waals surface area (Å²) in [6.45, 7) is 2.04. The smallest absolute Gasteiger partial charge is 0.409 e. The van der Waals surface area contributed by atoms with Crippen LogP contribution in [0.25, 0.3) is 0 Å². The van der Waals surface area contributed by atoms with Crippen LogP contribution in [0.2, 0.25) is 0 Å². The number of fused-ring (bicyclic) bond motifs is 2. The van der Waals surface area contributed by atoms with Crippen LogP contribution < -0.4 is 0 Å². The molecule has 0 unspecified atom stereocenters. The molecule has 2 aromatic rings. The molecule has 0 bridgehead atoms. The van der Waals surface area contributed by atoms with Gasteiger partial charge in [0.05, 0.1) is 26.4 Å². The summed E-state index contributed by atoms with van der Waals surface area (Å²) in [4.78, 5) is 0. The van der Waals surface area contributed by atoms with Crippen LogP contribution in [0.1, 0.15) is 22.3 Å². The van der Waals surface area contributed by atoms with Crippen LogP contribution in [0.4, 0.5) is 0 Å². The second kappa shape index (κ2) is 6.26. The summed E-state index contributed by atoms with van der Waals surface area (Å²) in [5.74, 6) is 0. The number of rotatable bonds is 1. The Hall–Kier alpha value is -1.59. The number of hydrogen-bond acceptors (Lipinski definition) is 4. The Morgan fingerprint density at radius 1 is 0.500 bits per heavy atom. The zero-order valence-corrected chi connectivity index (χ0v) is 12.2. The molecule has 110 valence electrons.